The number of carboxylic acids is 2. The number of aromatic nitrogens is 1. The molecular formula is C16H10Br2N2O6. The van der Waals surface area contributed by atoms with Crippen LogP contribution in [0.1, 0.15) is 20.7 Å². The molecule has 0 aliphatic heterocycles. The molecule has 0 fully saturated rings. The van der Waals surface area contributed by atoms with Gasteiger partial charge in [-0.3, -0.25) is 10.1 Å². The minimum atomic E-state index is -1.20. The van der Waals surface area contributed by atoms with Crippen molar-refractivity contribution in [2.45, 2.75) is 0 Å². The summed E-state index contributed by atoms with van der Waals surface area (Å²) in [4.78, 5) is 34.0. The topological polar surface area (TPSA) is 134 Å². The minimum absolute atomic E-state index is 0.00694. The Morgan fingerprint density at radius 2 is 1.58 bits per heavy atom. The van der Waals surface area contributed by atoms with Crippen molar-refractivity contribution in [2.24, 2.45) is 0 Å². The summed E-state index contributed by atoms with van der Waals surface area (Å²) >= 11 is 6.11. The lowest BCUT2D eigenvalue weighted by Gasteiger charge is -1.99. The average molecular weight is 486 g/mol. The molecule has 134 valence electrons. The summed E-state index contributed by atoms with van der Waals surface area (Å²) < 4.78 is 0.593. The fraction of sp³-hybridized carbons (Fsp3) is 0. The number of fused-ring (bicyclic) bond motifs is 1. The summed E-state index contributed by atoms with van der Waals surface area (Å²) in [5.41, 5.74) is 0.726. The first-order chi connectivity index (χ1) is 12.2. The Balaban J connectivity index is 0.000000187. The van der Waals surface area contributed by atoms with Gasteiger partial charge in [0.15, 0.2) is 0 Å². The van der Waals surface area contributed by atoms with E-state index >= 15 is 0 Å². The number of rotatable bonds is 3. The summed E-state index contributed by atoms with van der Waals surface area (Å²) in [6.45, 7) is 0. The summed E-state index contributed by atoms with van der Waals surface area (Å²) in [7, 11) is 0. The van der Waals surface area contributed by atoms with Gasteiger partial charge in [-0.25, -0.2) is 9.59 Å². The molecule has 3 N–H and O–H groups in total. The monoisotopic (exact) mass is 484 g/mol. The third-order valence-electron chi connectivity index (χ3n) is 3.30. The van der Waals surface area contributed by atoms with Crippen molar-refractivity contribution in [3.05, 3.63) is 72.8 Å². The Hall–Kier alpha value is -2.72. The highest BCUT2D eigenvalue weighted by atomic mass is 79.9. The van der Waals surface area contributed by atoms with Crippen molar-refractivity contribution in [3.8, 4) is 0 Å². The van der Waals surface area contributed by atoms with Crippen molar-refractivity contribution < 1.29 is 24.7 Å². The molecular weight excluding hydrogens is 476 g/mol. The molecule has 0 spiro atoms. The first kappa shape index (κ1) is 19.6. The molecule has 0 aliphatic rings. The molecule has 2 aromatic carbocycles. The minimum Gasteiger partial charge on any atom is -0.478 e. The van der Waals surface area contributed by atoms with Crippen LogP contribution < -0.4 is 0 Å². The first-order valence-electron chi connectivity index (χ1n) is 6.89. The molecule has 1 aromatic heterocycles. The molecule has 3 aromatic rings. The van der Waals surface area contributed by atoms with Gasteiger partial charge < -0.3 is 15.2 Å². The summed E-state index contributed by atoms with van der Waals surface area (Å²) in [6.07, 6.45) is 1.78. The van der Waals surface area contributed by atoms with E-state index in [9.17, 15) is 19.7 Å². The highest BCUT2D eigenvalue weighted by Crippen LogP contribution is 2.28. The number of hydrogen-bond donors (Lipinski definition) is 3. The van der Waals surface area contributed by atoms with E-state index in [1.54, 1.807) is 18.3 Å². The molecule has 0 radical (unpaired) electrons. The van der Waals surface area contributed by atoms with Gasteiger partial charge in [0, 0.05) is 17.6 Å². The number of carboxylic acid groups (broad SMARTS) is 2. The van der Waals surface area contributed by atoms with Gasteiger partial charge in [-0.2, -0.15) is 0 Å². The second-order valence-corrected chi connectivity index (χ2v) is 6.46. The maximum atomic E-state index is 10.7. The highest BCUT2D eigenvalue weighted by molar-refractivity contribution is 9.11. The Labute approximate surface area is 162 Å². The van der Waals surface area contributed by atoms with Crippen molar-refractivity contribution in [2.75, 3.05) is 0 Å². The standard InChI is InChI=1S/C9H6BrNO2.C7H4BrNO4/c10-7-6(9(12)13)2-1-5-3-4-11-8(5)7;8-6-4(7(10)11)2-1-3-5(6)9(12)13/h1-4,11H,(H,12,13);1-3H,(H,10,11). The lowest BCUT2D eigenvalue weighted by atomic mass is 10.2. The van der Waals surface area contributed by atoms with Gasteiger partial charge in [-0.05, 0) is 50.1 Å². The maximum Gasteiger partial charge on any atom is 0.337 e. The lowest BCUT2D eigenvalue weighted by molar-refractivity contribution is -0.385. The third-order valence-corrected chi connectivity index (χ3v) is 4.96. The van der Waals surface area contributed by atoms with Gasteiger partial charge >= 0.3 is 11.9 Å². The van der Waals surface area contributed by atoms with Gasteiger partial charge in [-0.1, -0.05) is 12.1 Å². The summed E-state index contributed by atoms with van der Waals surface area (Å²) in [5, 5.41) is 28.8. The number of benzene rings is 2. The van der Waals surface area contributed by atoms with Crippen LogP contribution in [0.2, 0.25) is 0 Å². The van der Waals surface area contributed by atoms with Crippen LogP contribution in [0.4, 0.5) is 5.69 Å². The summed E-state index contributed by atoms with van der Waals surface area (Å²) in [5.74, 6) is -2.13. The van der Waals surface area contributed by atoms with Gasteiger partial charge in [0.1, 0.15) is 4.47 Å². The fourth-order valence-electron chi connectivity index (χ4n) is 2.08. The molecule has 1 heterocycles. The van der Waals surface area contributed by atoms with Gasteiger partial charge in [-0.15, -0.1) is 0 Å². The molecule has 0 amide bonds. The van der Waals surface area contributed by atoms with Crippen molar-refractivity contribution in [3.63, 3.8) is 0 Å². The van der Waals surface area contributed by atoms with Crippen LogP contribution in [0.15, 0.2) is 51.5 Å². The van der Waals surface area contributed by atoms with E-state index in [4.69, 9.17) is 10.2 Å². The van der Waals surface area contributed by atoms with Crippen molar-refractivity contribution >= 4 is 60.4 Å². The Bertz CT molecular complexity index is 983. The van der Waals surface area contributed by atoms with Crippen LogP contribution in [-0.4, -0.2) is 32.1 Å². The predicted molar refractivity (Wildman–Crippen MR) is 101 cm³/mol. The number of H-pyrrole nitrogens is 1. The first-order valence-corrected chi connectivity index (χ1v) is 8.47. The number of aromatic carboxylic acids is 2. The maximum absolute atomic E-state index is 10.7. The van der Waals surface area contributed by atoms with Crippen LogP contribution in [0.25, 0.3) is 10.9 Å². The molecule has 10 heteroatoms. The SMILES string of the molecule is O=C(O)c1ccc2cc[nH]c2c1Br.O=C(O)c1cccc([N+](=O)[O-])c1Br. The molecule has 0 saturated heterocycles. The second kappa shape index (κ2) is 8.11. The van der Waals surface area contributed by atoms with Crippen molar-refractivity contribution in [1.29, 1.82) is 0 Å². The zero-order valence-electron chi connectivity index (χ0n) is 12.8. The van der Waals surface area contributed by atoms with Crippen LogP contribution in [0.3, 0.4) is 0 Å². The van der Waals surface area contributed by atoms with Crippen LogP contribution in [0, 0.1) is 10.1 Å². The number of halogens is 2. The van der Waals surface area contributed by atoms with Gasteiger partial charge in [0.25, 0.3) is 5.69 Å². The number of nitro groups is 1. The van der Waals surface area contributed by atoms with E-state index in [0.29, 0.717) is 4.47 Å². The average Bonchev–Trinajstić information content (AvgIpc) is 3.04. The molecule has 0 aliphatic carbocycles. The van der Waals surface area contributed by atoms with E-state index in [0.717, 1.165) is 10.9 Å². The zero-order valence-corrected chi connectivity index (χ0v) is 15.9. The number of nitrogens with zero attached hydrogens (tertiary/aromatic N) is 1. The third kappa shape index (κ3) is 4.09. The van der Waals surface area contributed by atoms with Gasteiger partial charge in [0.2, 0.25) is 0 Å². The number of hydrogen-bond acceptors (Lipinski definition) is 4. The van der Waals surface area contributed by atoms with Gasteiger partial charge in [0.05, 0.1) is 26.0 Å². The number of carbonyl (C=O) groups is 2. The summed E-state index contributed by atoms with van der Waals surface area (Å²) in [6, 6.07) is 9.11. The van der Waals surface area contributed by atoms with Crippen LogP contribution in [0.5, 0.6) is 0 Å². The second-order valence-electron chi connectivity index (χ2n) is 4.88. The Morgan fingerprint density at radius 1 is 0.962 bits per heavy atom. The fourth-order valence-corrected chi connectivity index (χ4v) is 3.31. The van der Waals surface area contributed by atoms with E-state index in [-0.39, 0.29) is 21.3 Å². The normalized spacial score (nSPS) is 10.1. The van der Waals surface area contributed by atoms with Crippen molar-refractivity contribution in [1.82, 2.24) is 4.98 Å². The number of nitro benzene ring substituents is 1. The van der Waals surface area contributed by atoms with E-state index in [2.05, 4.69) is 36.8 Å². The smallest absolute Gasteiger partial charge is 0.337 e. The predicted octanol–water partition coefficient (Wildman–Crippen LogP) is 4.68. The largest absolute Gasteiger partial charge is 0.478 e. The lowest BCUT2D eigenvalue weighted by Crippen LogP contribution is -2.00. The highest BCUT2D eigenvalue weighted by Gasteiger charge is 2.18. The van der Waals surface area contributed by atoms with Crippen LogP contribution >= 0.6 is 31.9 Å². The molecule has 8 nitrogen and oxygen atoms in total. The number of aromatic amines is 1. The Kier molecular flexibility index (Phi) is 6.11. The molecule has 0 saturated carbocycles. The molecule has 0 unspecified atom stereocenters. The molecule has 0 bridgehead atoms. The Morgan fingerprint density at radius 3 is 2.15 bits per heavy atom. The molecule has 26 heavy (non-hydrogen) atoms. The zero-order chi connectivity index (χ0) is 19.4. The molecule has 3 rings (SSSR count). The number of nitrogens with one attached hydrogen (secondary N) is 1. The van der Waals surface area contributed by atoms with E-state index in [1.807, 2.05) is 6.07 Å². The molecule has 0 atom stereocenters. The van der Waals surface area contributed by atoms with E-state index < -0.39 is 16.9 Å². The quantitative estimate of drug-likeness (QED) is 0.364. The van der Waals surface area contributed by atoms with E-state index in [1.165, 1.54) is 18.2 Å². The van der Waals surface area contributed by atoms with Crippen LogP contribution in [-0.2, 0) is 0 Å².